The van der Waals surface area contributed by atoms with Crippen molar-refractivity contribution in [2.45, 2.75) is 0 Å². The Morgan fingerprint density at radius 1 is 1.29 bits per heavy atom. The predicted molar refractivity (Wildman–Crippen MR) is 69.9 cm³/mol. The monoisotopic (exact) mass is 246 g/mol. The largest absolute Gasteiger partial charge is 0.384 e. The van der Waals surface area contributed by atoms with Crippen molar-refractivity contribution in [2.75, 3.05) is 5.73 Å². The van der Waals surface area contributed by atoms with Gasteiger partial charge in [0, 0.05) is 35.3 Å². The molecule has 0 aliphatic heterocycles. The number of fused-ring (bicyclic) bond motifs is 1. The van der Waals surface area contributed by atoms with Gasteiger partial charge in [-0.05, 0) is 12.1 Å². The normalized spacial score (nSPS) is 11.2. The van der Waals surface area contributed by atoms with Crippen LogP contribution in [-0.2, 0) is 7.05 Å². The van der Waals surface area contributed by atoms with E-state index in [1.54, 1.807) is 6.20 Å². The number of nitrogens with two attached hydrogens (primary N) is 1. The molecule has 0 unspecified atom stereocenters. The summed E-state index contributed by atoms with van der Waals surface area (Å²) in [5.41, 5.74) is 8.64. The molecule has 0 radical (unpaired) electrons. The van der Waals surface area contributed by atoms with Gasteiger partial charge in [0.25, 0.3) is 0 Å². The highest BCUT2D eigenvalue weighted by Crippen LogP contribution is 2.36. The third kappa shape index (κ3) is 1.41. The first-order valence-electron chi connectivity index (χ1n) is 5.21. The molecule has 0 saturated heterocycles. The molecule has 86 valence electrons. The van der Waals surface area contributed by atoms with Crippen LogP contribution >= 0.6 is 11.6 Å². The Labute approximate surface area is 103 Å². The topological polar surface area (TPSA) is 59.6 Å². The van der Waals surface area contributed by atoms with Gasteiger partial charge in [-0.15, -0.1) is 0 Å². The van der Waals surface area contributed by atoms with Gasteiger partial charge in [-0.2, -0.15) is 5.10 Å². The minimum atomic E-state index is 0.530. The summed E-state index contributed by atoms with van der Waals surface area (Å²) in [5.74, 6) is 0.530. The smallest absolute Gasteiger partial charge is 0.126 e. The average Bonchev–Trinajstić information content (AvgIpc) is 2.88. The summed E-state index contributed by atoms with van der Waals surface area (Å²) < 4.78 is 2.03. The minimum Gasteiger partial charge on any atom is -0.384 e. The molecule has 1 aromatic carbocycles. The lowest BCUT2D eigenvalue weighted by Crippen LogP contribution is -1.89. The molecule has 5 heteroatoms. The van der Waals surface area contributed by atoms with Crippen LogP contribution in [0.5, 0.6) is 0 Å². The van der Waals surface area contributed by atoms with Crippen LogP contribution in [-0.4, -0.2) is 14.8 Å². The van der Waals surface area contributed by atoms with E-state index >= 15 is 0 Å². The molecule has 0 atom stereocenters. The van der Waals surface area contributed by atoms with Gasteiger partial charge >= 0.3 is 0 Å². The molecule has 0 fully saturated rings. The zero-order chi connectivity index (χ0) is 12.0. The molecule has 3 aromatic rings. The van der Waals surface area contributed by atoms with Gasteiger partial charge in [0.05, 0.1) is 11.2 Å². The Balaban J connectivity index is 2.32. The van der Waals surface area contributed by atoms with E-state index in [2.05, 4.69) is 10.2 Å². The van der Waals surface area contributed by atoms with E-state index in [-0.39, 0.29) is 0 Å². The molecule has 0 amide bonds. The van der Waals surface area contributed by atoms with E-state index in [0.29, 0.717) is 10.8 Å². The van der Waals surface area contributed by atoms with Crippen molar-refractivity contribution in [1.29, 1.82) is 0 Å². The maximum absolute atomic E-state index is 6.41. The van der Waals surface area contributed by atoms with Gasteiger partial charge in [0.15, 0.2) is 0 Å². The fourth-order valence-corrected chi connectivity index (χ4v) is 2.36. The maximum atomic E-state index is 6.41. The van der Waals surface area contributed by atoms with Crippen molar-refractivity contribution in [1.82, 2.24) is 14.8 Å². The second-order valence-corrected chi connectivity index (χ2v) is 4.36. The minimum absolute atomic E-state index is 0.530. The number of rotatable bonds is 1. The molecule has 0 bridgehead atoms. The van der Waals surface area contributed by atoms with Gasteiger partial charge in [-0.1, -0.05) is 17.7 Å². The van der Waals surface area contributed by atoms with E-state index in [9.17, 15) is 0 Å². The lowest BCUT2D eigenvalue weighted by molar-refractivity contribution is 0.969. The number of benzene rings is 1. The van der Waals surface area contributed by atoms with Crippen molar-refractivity contribution in [3.8, 4) is 11.1 Å². The summed E-state index contributed by atoms with van der Waals surface area (Å²) in [6, 6.07) is 5.99. The quantitative estimate of drug-likeness (QED) is 0.694. The molecule has 2 aromatic heterocycles. The van der Waals surface area contributed by atoms with Crippen molar-refractivity contribution in [3.05, 3.63) is 35.6 Å². The molecule has 3 rings (SSSR count). The lowest BCUT2D eigenvalue weighted by atomic mass is 10.1. The number of anilines is 1. The van der Waals surface area contributed by atoms with Crippen LogP contribution in [0.15, 0.2) is 30.6 Å². The second kappa shape index (κ2) is 3.53. The van der Waals surface area contributed by atoms with E-state index in [1.807, 2.05) is 36.0 Å². The maximum Gasteiger partial charge on any atom is 0.126 e. The molecule has 2 heterocycles. The zero-order valence-corrected chi connectivity index (χ0v) is 9.99. The highest BCUT2D eigenvalue weighted by Gasteiger charge is 2.12. The Hall–Kier alpha value is -1.94. The average molecular weight is 247 g/mol. The SMILES string of the molecule is Cn1ccc2c(Cl)c(-c3cn[nH]c3N)ccc21. The van der Waals surface area contributed by atoms with Gasteiger partial charge in [0.1, 0.15) is 5.82 Å². The van der Waals surface area contributed by atoms with Gasteiger partial charge in [-0.25, -0.2) is 0 Å². The van der Waals surface area contributed by atoms with Crippen LogP contribution in [0.4, 0.5) is 5.82 Å². The summed E-state index contributed by atoms with van der Waals surface area (Å²) in [5, 5.41) is 8.35. The lowest BCUT2D eigenvalue weighted by Gasteiger charge is -2.05. The second-order valence-electron chi connectivity index (χ2n) is 3.98. The molecule has 0 saturated carbocycles. The van der Waals surface area contributed by atoms with Gasteiger partial charge in [-0.3, -0.25) is 5.10 Å². The number of aryl methyl sites for hydroxylation is 1. The van der Waals surface area contributed by atoms with E-state index in [1.165, 1.54) is 0 Å². The summed E-state index contributed by atoms with van der Waals surface area (Å²) in [6.07, 6.45) is 3.67. The number of hydrogen-bond acceptors (Lipinski definition) is 2. The fourth-order valence-electron chi connectivity index (χ4n) is 2.03. The summed E-state index contributed by atoms with van der Waals surface area (Å²) >= 11 is 6.41. The first kappa shape index (κ1) is 10.2. The summed E-state index contributed by atoms with van der Waals surface area (Å²) in [6.45, 7) is 0. The molecule has 4 nitrogen and oxygen atoms in total. The molecule has 0 aliphatic rings. The Kier molecular flexibility index (Phi) is 2.12. The number of halogens is 1. The molecule has 3 N–H and O–H groups in total. The van der Waals surface area contributed by atoms with Crippen LogP contribution in [0, 0.1) is 0 Å². The van der Waals surface area contributed by atoms with E-state index in [0.717, 1.165) is 22.0 Å². The number of aromatic nitrogens is 3. The Morgan fingerprint density at radius 2 is 2.12 bits per heavy atom. The first-order chi connectivity index (χ1) is 8.18. The highest BCUT2D eigenvalue weighted by molar-refractivity contribution is 6.38. The van der Waals surface area contributed by atoms with Gasteiger partial charge < -0.3 is 10.3 Å². The Bertz CT molecular complexity index is 696. The van der Waals surface area contributed by atoms with Crippen LogP contribution in [0.2, 0.25) is 5.02 Å². The fraction of sp³-hybridized carbons (Fsp3) is 0.0833. The molecule has 17 heavy (non-hydrogen) atoms. The first-order valence-corrected chi connectivity index (χ1v) is 5.59. The zero-order valence-electron chi connectivity index (χ0n) is 9.24. The standard InChI is InChI=1S/C12H11ClN4/c1-17-5-4-8-10(17)3-2-7(11(8)13)9-6-15-16-12(9)14/h2-6H,1H3,(H3,14,15,16). The van der Waals surface area contributed by atoms with E-state index in [4.69, 9.17) is 17.3 Å². The number of nitrogens with zero attached hydrogens (tertiary/aromatic N) is 2. The van der Waals surface area contributed by atoms with Crippen molar-refractivity contribution >= 4 is 28.3 Å². The molecule has 0 aliphatic carbocycles. The number of hydrogen-bond donors (Lipinski definition) is 2. The predicted octanol–water partition coefficient (Wildman–Crippen LogP) is 2.80. The molecule has 0 spiro atoms. The van der Waals surface area contributed by atoms with Crippen molar-refractivity contribution < 1.29 is 0 Å². The van der Waals surface area contributed by atoms with Crippen molar-refractivity contribution in [3.63, 3.8) is 0 Å². The number of nitrogens with one attached hydrogen (secondary N) is 1. The van der Waals surface area contributed by atoms with Crippen molar-refractivity contribution in [2.24, 2.45) is 7.05 Å². The molecular weight excluding hydrogens is 236 g/mol. The third-order valence-corrected chi connectivity index (χ3v) is 3.37. The van der Waals surface area contributed by atoms with Crippen LogP contribution in [0.1, 0.15) is 0 Å². The number of H-pyrrole nitrogens is 1. The summed E-state index contributed by atoms with van der Waals surface area (Å²) in [7, 11) is 1.99. The summed E-state index contributed by atoms with van der Waals surface area (Å²) in [4.78, 5) is 0. The third-order valence-electron chi connectivity index (χ3n) is 2.96. The van der Waals surface area contributed by atoms with Crippen LogP contribution in [0.3, 0.4) is 0 Å². The Morgan fingerprint density at radius 3 is 2.82 bits per heavy atom. The highest BCUT2D eigenvalue weighted by atomic mass is 35.5. The number of nitrogen functional groups attached to an aromatic ring is 1. The molecular formula is C12H11ClN4. The van der Waals surface area contributed by atoms with Gasteiger partial charge in [0.2, 0.25) is 0 Å². The van der Waals surface area contributed by atoms with Crippen LogP contribution < -0.4 is 5.73 Å². The van der Waals surface area contributed by atoms with Crippen LogP contribution in [0.25, 0.3) is 22.0 Å². The van der Waals surface area contributed by atoms with E-state index < -0.39 is 0 Å². The number of aromatic amines is 1.